The molecule has 0 heterocycles. The maximum Gasteiger partial charge on any atom is 0.270 e. The minimum Gasteiger partial charge on any atom is -0.381 e. The van der Waals surface area contributed by atoms with Crippen molar-refractivity contribution in [3.05, 3.63) is 66.6 Å². The summed E-state index contributed by atoms with van der Waals surface area (Å²) < 4.78 is 1.69. The van der Waals surface area contributed by atoms with Crippen LogP contribution in [0.2, 0.25) is 0 Å². The number of non-ortho nitro benzene ring substituents is 1. The Morgan fingerprint density at radius 2 is 1.90 bits per heavy atom. The zero-order valence-electron chi connectivity index (χ0n) is 10.7. The minimum absolute atomic E-state index is 0.0853. The molecule has 0 aliphatic heterocycles. The van der Waals surface area contributed by atoms with Crippen LogP contribution in [0.3, 0.4) is 0 Å². The number of nitro groups is 1. The molecule has 0 amide bonds. The van der Waals surface area contributed by atoms with Crippen LogP contribution in [0.1, 0.15) is 11.1 Å². The van der Waals surface area contributed by atoms with Crippen LogP contribution in [0.25, 0.3) is 0 Å². The summed E-state index contributed by atoms with van der Waals surface area (Å²) in [6, 6.07) is 10.9. The first-order valence-electron chi connectivity index (χ1n) is 5.89. The first-order chi connectivity index (χ1) is 9.45. The second kappa shape index (κ2) is 6.37. The first-order valence-corrected chi connectivity index (χ1v) is 7.48. The van der Waals surface area contributed by atoms with E-state index in [1.165, 1.54) is 6.07 Å². The molecule has 0 unspecified atom stereocenters. The monoisotopic (exact) mass is 398 g/mol. The average Bonchev–Trinajstić information content (AvgIpc) is 2.39. The normalized spacial score (nSPS) is 10.3. The highest BCUT2D eigenvalue weighted by Gasteiger charge is 2.09. The van der Waals surface area contributed by atoms with Gasteiger partial charge in [-0.2, -0.15) is 0 Å². The number of nitro benzene ring substituents is 1. The van der Waals surface area contributed by atoms with Gasteiger partial charge in [0.15, 0.2) is 0 Å². The van der Waals surface area contributed by atoms with Gasteiger partial charge in [-0.15, -0.1) is 0 Å². The smallest absolute Gasteiger partial charge is 0.270 e. The maximum absolute atomic E-state index is 10.8. The number of nitrogens with zero attached hydrogens (tertiary/aromatic N) is 1. The number of nitrogens with one attached hydrogen (secondary N) is 1. The van der Waals surface area contributed by atoms with Crippen LogP contribution >= 0.6 is 31.9 Å². The van der Waals surface area contributed by atoms with Gasteiger partial charge in [0.2, 0.25) is 0 Å². The Bertz CT molecular complexity index is 660. The predicted molar refractivity (Wildman–Crippen MR) is 87.0 cm³/mol. The Hall–Kier alpha value is -1.40. The summed E-state index contributed by atoms with van der Waals surface area (Å²) in [5.41, 5.74) is 3.06. The third-order valence-electron chi connectivity index (χ3n) is 2.84. The zero-order chi connectivity index (χ0) is 14.7. The molecule has 0 saturated carbocycles. The van der Waals surface area contributed by atoms with E-state index in [0.717, 1.165) is 21.3 Å². The maximum atomic E-state index is 10.8. The summed E-state index contributed by atoms with van der Waals surface area (Å²) in [6.45, 7) is 2.54. The molecule has 0 radical (unpaired) electrons. The molecule has 0 aliphatic rings. The molecule has 0 aromatic heterocycles. The van der Waals surface area contributed by atoms with Crippen molar-refractivity contribution < 1.29 is 4.92 Å². The van der Waals surface area contributed by atoms with Gasteiger partial charge >= 0.3 is 0 Å². The lowest BCUT2D eigenvalue weighted by molar-refractivity contribution is -0.385. The molecule has 4 nitrogen and oxygen atoms in total. The SMILES string of the molecule is Cc1ccc(Br)cc1NCc1cc(Br)cc([N+](=O)[O-])c1. The minimum atomic E-state index is -0.390. The fourth-order valence-electron chi connectivity index (χ4n) is 1.82. The van der Waals surface area contributed by atoms with Gasteiger partial charge in [-0.05, 0) is 36.2 Å². The fourth-order valence-corrected chi connectivity index (χ4v) is 2.71. The van der Waals surface area contributed by atoms with Crippen LogP contribution in [-0.4, -0.2) is 4.92 Å². The number of rotatable bonds is 4. The topological polar surface area (TPSA) is 55.2 Å². The van der Waals surface area contributed by atoms with Gasteiger partial charge in [-0.3, -0.25) is 10.1 Å². The molecule has 6 heteroatoms. The van der Waals surface area contributed by atoms with Gasteiger partial charge in [-0.1, -0.05) is 37.9 Å². The summed E-state index contributed by atoms with van der Waals surface area (Å²) in [5, 5.41) is 14.1. The van der Waals surface area contributed by atoms with E-state index in [4.69, 9.17) is 0 Å². The number of benzene rings is 2. The Morgan fingerprint density at radius 3 is 2.60 bits per heavy atom. The van der Waals surface area contributed by atoms with Gasteiger partial charge in [0.25, 0.3) is 5.69 Å². The molecule has 2 aromatic rings. The summed E-state index contributed by atoms with van der Waals surface area (Å²) in [4.78, 5) is 10.4. The molecular formula is C14H12Br2N2O2. The Balaban J connectivity index is 2.18. The van der Waals surface area contributed by atoms with Crippen LogP contribution in [-0.2, 0) is 6.54 Å². The van der Waals surface area contributed by atoms with Crippen LogP contribution in [0.5, 0.6) is 0 Å². The zero-order valence-corrected chi connectivity index (χ0v) is 13.9. The van der Waals surface area contributed by atoms with E-state index in [9.17, 15) is 10.1 Å². The van der Waals surface area contributed by atoms with Crippen LogP contribution in [0.4, 0.5) is 11.4 Å². The average molecular weight is 400 g/mol. The van der Waals surface area contributed by atoms with Crippen molar-refractivity contribution in [2.24, 2.45) is 0 Å². The lowest BCUT2D eigenvalue weighted by atomic mass is 10.1. The Morgan fingerprint density at radius 1 is 1.15 bits per heavy atom. The van der Waals surface area contributed by atoms with Gasteiger partial charge < -0.3 is 5.32 Å². The molecule has 2 aromatic carbocycles. The second-order valence-corrected chi connectivity index (χ2v) is 6.22. The molecule has 0 saturated heterocycles. The number of halogens is 2. The number of anilines is 1. The third kappa shape index (κ3) is 3.80. The van der Waals surface area contributed by atoms with Crippen LogP contribution < -0.4 is 5.32 Å². The highest BCUT2D eigenvalue weighted by Crippen LogP contribution is 2.24. The van der Waals surface area contributed by atoms with E-state index >= 15 is 0 Å². The van der Waals surface area contributed by atoms with Gasteiger partial charge in [0.1, 0.15) is 0 Å². The van der Waals surface area contributed by atoms with Crippen molar-refractivity contribution in [2.75, 3.05) is 5.32 Å². The van der Waals surface area contributed by atoms with Gasteiger partial charge in [0, 0.05) is 33.3 Å². The van der Waals surface area contributed by atoms with Crippen molar-refractivity contribution >= 4 is 43.2 Å². The van der Waals surface area contributed by atoms with E-state index in [0.29, 0.717) is 11.0 Å². The molecule has 0 spiro atoms. The number of hydrogen-bond acceptors (Lipinski definition) is 3. The lowest BCUT2D eigenvalue weighted by Crippen LogP contribution is -2.02. The predicted octanol–water partition coefficient (Wildman–Crippen LogP) is 5.04. The standard InChI is InChI=1S/C14H12Br2N2O2/c1-9-2-3-11(15)7-14(9)17-8-10-4-12(16)6-13(5-10)18(19)20/h2-7,17H,8H2,1H3. The molecule has 0 fully saturated rings. The van der Waals surface area contributed by atoms with Crippen LogP contribution in [0.15, 0.2) is 45.3 Å². The largest absolute Gasteiger partial charge is 0.381 e. The quantitative estimate of drug-likeness (QED) is 0.578. The molecular weight excluding hydrogens is 388 g/mol. The van der Waals surface area contributed by atoms with E-state index in [2.05, 4.69) is 37.2 Å². The molecule has 0 aliphatic carbocycles. The van der Waals surface area contributed by atoms with Crippen molar-refractivity contribution in [1.29, 1.82) is 0 Å². The molecule has 0 bridgehead atoms. The molecule has 1 N–H and O–H groups in total. The molecule has 2 rings (SSSR count). The summed E-state index contributed by atoms with van der Waals surface area (Å²) >= 11 is 6.72. The summed E-state index contributed by atoms with van der Waals surface area (Å²) in [6.07, 6.45) is 0. The fraction of sp³-hybridized carbons (Fsp3) is 0.143. The summed E-state index contributed by atoms with van der Waals surface area (Å²) in [7, 11) is 0. The third-order valence-corrected chi connectivity index (χ3v) is 3.79. The van der Waals surface area contributed by atoms with Crippen molar-refractivity contribution in [3.63, 3.8) is 0 Å². The van der Waals surface area contributed by atoms with E-state index in [1.54, 1.807) is 6.07 Å². The van der Waals surface area contributed by atoms with E-state index in [1.807, 2.05) is 31.2 Å². The highest BCUT2D eigenvalue weighted by molar-refractivity contribution is 9.10. The summed E-state index contributed by atoms with van der Waals surface area (Å²) in [5.74, 6) is 0. The van der Waals surface area contributed by atoms with Crippen molar-refractivity contribution in [1.82, 2.24) is 0 Å². The van der Waals surface area contributed by atoms with Crippen LogP contribution in [0, 0.1) is 17.0 Å². The van der Waals surface area contributed by atoms with E-state index in [-0.39, 0.29) is 5.69 Å². The van der Waals surface area contributed by atoms with E-state index < -0.39 is 4.92 Å². The molecule has 104 valence electrons. The second-order valence-electron chi connectivity index (χ2n) is 4.39. The number of aryl methyl sites for hydroxylation is 1. The van der Waals surface area contributed by atoms with Crippen molar-refractivity contribution in [3.8, 4) is 0 Å². The lowest BCUT2D eigenvalue weighted by Gasteiger charge is -2.10. The Kier molecular flexibility index (Phi) is 4.77. The number of hydrogen-bond donors (Lipinski definition) is 1. The highest BCUT2D eigenvalue weighted by atomic mass is 79.9. The van der Waals surface area contributed by atoms with Crippen molar-refractivity contribution in [2.45, 2.75) is 13.5 Å². The molecule has 0 atom stereocenters. The Labute approximate surface area is 133 Å². The molecule has 20 heavy (non-hydrogen) atoms. The van der Waals surface area contributed by atoms with Gasteiger partial charge in [0.05, 0.1) is 4.92 Å². The van der Waals surface area contributed by atoms with Gasteiger partial charge in [-0.25, -0.2) is 0 Å². The first kappa shape index (κ1) is 15.0.